The molecule has 0 aromatic carbocycles. The molecule has 1 heterocycles. The molecule has 57 heavy (non-hydrogen) atoms. The highest BCUT2D eigenvalue weighted by Gasteiger charge is 2.46. The van der Waals surface area contributed by atoms with Crippen molar-refractivity contribution in [2.24, 2.45) is 0 Å². The van der Waals surface area contributed by atoms with Crippen LogP contribution >= 0.6 is 0 Å². The van der Waals surface area contributed by atoms with Gasteiger partial charge in [0, 0.05) is 12.8 Å². The molecule has 1 aliphatic heterocycles. The fourth-order valence-corrected chi connectivity index (χ4v) is 6.94. The van der Waals surface area contributed by atoms with Crippen molar-refractivity contribution >= 4 is 22.1 Å². The molecule has 4 N–H and O–H groups in total. The number of esters is 2. The van der Waals surface area contributed by atoms with Crippen molar-refractivity contribution in [1.82, 2.24) is 0 Å². The van der Waals surface area contributed by atoms with Crippen molar-refractivity contribution in [1.29, 1.82) is 0 Å². The highest BCUT2D eigenvalue weighted by molar-refractivity contribution is 7.85. The number of rotatable bonds is 35. The Balaban J connectivity index is 2.49. The predicted molar refractivity (Wildman–Crippen MR) is 224 cm³/mol. The first-order chi connectivity index (χ1) is 27.5. The fourth-order valence-electron chi connectivity index (χ4n) is 6.25. The summed E-state index contributed by atoms with van der Waals surface area (Å²) in [6, 6.07) is 0. The van der Waals surface area contributed by atoms with Crippen LogP contribution in [0.5, 0.6) is 0 Å². The van der Waals surface area contributed by atoms with Crippen molar-refractivity contribution in [2.45, 2.75) is 198 Å². The van der Waals surface area contributed by atoms with E-state index in [1.165, 1.54) is 57.8 Å². The molecule has 0 aromatic rings. The average Bonchev–Trinajstić information content (AvgIpc) is 3.17. The Hall–Kier alpha value is -2.39. The summed E-state index contributed by atoms with van der Waals surface area (Å²) in [6.45, 7) is 3.67. The van der Waals surface area contributed by atoms with Gasteiger partial charge in [-0.05, 0) is 57.8 Å². The summed E-state index contributed by atoms with van der Waals surface area (Å²) >= 11 is 0. The molecule has 2 unspecified atom stereocenters. The Morgan fingerprint density at radius 2 is 1.05 bits per heavy atom. The number of aliphatic hydroxyl groups excluding tert-OH is 3. The second kappa shape index (κ2) is 34.5. The monoisotopic (exact) mass is 829 g/mol. The van der Waals surface area contributed by atoms with Crippen LogP contribution in [0.1, 0.15) is 162 Å². The highest BCUT2D eigenvalue weighted by Crippen LogP contribution is 2.24. The molecular formula is C44H76O12S. The molecule has 330 valence electrons. The Kier molecular flexibility index (Phi) is 31.8. The molecule has 1 fully saturated rings. The largest absolute Gasteiger partial charge is 0.462 e. The van der Waals surface area contributed by atoms with E-state index in [1.807, 2.05) is 0 Å². The summed E-state index contributed by atoms with van der Waals surface area (Å²) in [5.41, 5.74) is 0. The zero-order chi connectivity index (χ0) is 42.0. The third kappa shape index (κ3) is 29.5. The molecule has 0 amide bonds. The maximum atomic E-state index is 12.8. The van der Waals surface area contributed by atoms with Crippen molar-refractivity contribution in [3.8, 4) is 0 Å². The van der Waals surface area contributed by atoms with Gasteiger partial charge in [0.05, 0.1) is 6.61 Å². The van der Waals surface area contributed by atoms with Gasteiger partial charge in [0.15, 0.2) is 12.4 Å². The average molecular weight is 829 g/mol. The van der Waals surface area contributed by atoms with E-state index in [0.717, 1.165) is 64.2 Å². The van der Waals surface area contributed by atoms with E-state index in [2.05, 4.69) is 62.5 Å². The Labute approximate surface area is 343 Å². The fraction of sp³-hybridized carbons (Fsp3) is 0.773. The Morgan fingerprint density at radius 3 is 1.60 bits per heavy atom. The lowest BCUT2D eigenvalue weighted by molar-refractivity contribution is -0.297. The molecule has 1 rings (SSSR count). The number of hydrogen-bond donors (Lipinski definition) is 4. The molecule has 0 saturated carbocycles. The minimum atomic E-state index is -4.60. The Morgan fingerprint density at radius 1 is 0.596 bits per heavy atom. The highest BCUT2D eigenvalue weighted by atomic mass is 32.2. The number of allylic oxidation sites excluding steroid dienone is 8. The van der Waals surface area contributed by atoms with Crippen LogP contribution < -0.4 is 0 Å². The van der Waals surface area contributed by atoms with Crippen molar-refractivity contribution in [2.75, 3.05) is 19.0 Å². The van der Waals surface area contributed by atoms with Gasteiger partial charge in [-0.25, -0.2) is 0 Å². The van der Waals surface area contributed by atoms with E-state index in [-0.39, 0.29) is 19.4 Å². The molecule has 0 aromatic heterocycles. The lowest BCUT2D eigenvalue weighted by Gasteiger charge is -2.40. The smallest absolute Gasteiger partial charge is 0.306 e. The van der Waals surface area contributed by atoms with Gasteiger partial charge in [0.1, 0.15) is 36.8 Å². The molecule has 13 heteroatoms. The van der Waals surface area contributed by atoms with Gasteiger partial charge in [-0.1, -0.05) is 140 Å². The van der Waals surface area contributed by atoms with Crippen molar-refractivity contribution in [3.63, 3.8) is 0 Å². The number of unbranched alkanes of at least 4 members (excludes halogenated alkanes) is 15. The number of ether oxygens (including phenoxy) is 4. The van der Waals surface area contributed by atoms with Crippen LogP contribution in [-0.4, -0.2) is 96.0 Å². The maximum Gasteiger partial charge on any atom is 0.306 e. The standard InChI is InChI=1S/C44H76O12S/c1-3-5-7-9-11-13-15-16-17-18-19-20-21-22-23-25-27-29-31-33-40(46)55-37(34-53-39(45)32-30-28-26-24-14-12-10-8-6-4-2)35-54-44-43(49)42(48)41(47)38(56-44)36-57(50,51)52/h11,13,16-17,19-20,22-23,37-38,41-44,47-49H,3-10,12,14-15,18,21,24-36H2,1-2H3,(H,50,51,52)/b13-11+,17-16+,20-19+,23-22+/t37-,38-,41-,42?,43?,44+/m1/s1. The van der Waals surface area contributed by atoms with Crippen LogP contribution in [0.15, 0.2) is 48.6 Å². The summed E-state index contributed by atoms with van der Waals surface area (Å²) in [7, 11) is -4.60. The second-order valence-corrected chi connectivity index (χ2v) is 16.5. The third-order valence-electron chi connectivity index (χ3n) is 9.66. The molecule has 6 atom stereocenters. The molecule has 1 saturated heterocycles. The molecule has 12 nitrogen and oxygen atoms in total. The molecule has 0 bridgehead atoms. The predicted octanol–water partition coefficient (Wildman–Crippen LogP) is 8.39. The van der Waals surface area contributed by atoms with Crippen LogP contribution in [0.3, 0.4) is 0 Å². The summed E-state index contributed by atoms with van der Waals surface area (Å²) < 4.78 is 53.9. The Bertz CT molecular complexity index is 1250. The number of carbonyl (C=O) groups excluding carboxylic acids is 2. The minimum absolute atomic E-state index is 0.127. The minimum Gasteiger partial charge on any atom is -0.462 e. The van der Waals surface area contributed by atoms with Gasteiger partial charge in [-0.15, -0.1) is 0 Å². The zero-order valence-corrected chi connectivity index (χ0v) is 35.7. The van der Waals surface area contributed by atoms with E-state index in [0.29, 0.717) is 12.8 Å². The summed E-state index contributed by atoms with van der Waals surface area (Å²) in [5.74, 6) is -2.03. The van der Waals surface area contributed by atoms with E-state index in [4.69, 9.17) is 18.9 Å². The molecule has 0 spiro atoms. The van der Waals surface area contributed by atoms with Crippen LogP contribution in [0, 0.1) is 0 Å². The first kappa shape index (κ1) is 52.6. The third-order valence-corrected chi connectivity index (χ3v) is 10.4. The molecule has 0 radical (unpaired) electrons. The normalized spacial score (nSPS) is 21.0. The van der Waals surface area contributed by atoms with Crippen LogP contribution in [-0.2, 0) is 38.7 Å². The van der Waals surface area contributed by atoms with E-state index >= 15 is 0 Å². The first-order valence-electron chi connectivity index (χ1n) is 21.7. The van der Waals surface area contributed by atoms with Crippen molar-refractivity contribution < 1.29 is 56.8 Å². The maximum absolute atomic E-state index is 12.8. The molecule has 1 aliphatic rings. The lowest BCUT2D eigenvalue weighted by Crippen LogP contribution is -2.60. The molecular weight excluding hydrogens is 753 g/mol. The zero-order valence-electron chi connectivity index (χ0n) is 34.9. The van der Waals surface area contributed by atoms with E-state index in [1.54, 1.807) is 0 Å². The van der Waals surface area contributed by atoms with Gasteiger partial charge in [0.2, 0.25) is 0 Å². The second-order valence-electron chi connectivity index (χ2n) is 15.0. The van der Waals surface area contributed by atoms with Gasteiger partial charge in [-0.2, -0.15) is 8.42 Å². The summed E-state index contributed by atoms with van der Waals surface area (Å²) in [4.78, 5) is 25.3. The van der Waals surface area contributed by atoms with Gasteiger partial charge in [-0.3, -0.25) is 14.1 Å². The van der Waals surface area contributed by atoms with Gasteiger partial charge in [0.25, 0.3) is 10.1 Å². The molecule has 0 aliphatic carbocycles. The number of aliphatic hydroxyl groups is 3. The first-order valence-corrected chi connectivity index (χ1v) is 23.3. The van der Waals surface area contributed by atoms with Crippen LogP contribution in [0.4, 0.5) is 0 Å². The van der Waals surface area contributed by atoms with Crippen LogP contribution in [0.2, 0.25) is 0 Å². The van der Waals surface area contributed by atoms with Gasteiger partial charge < -0.3 is 34.3 Å². The quantitative estimate of drug-likeness (QED) is 0.0207. The summed E-state index contributed by atoms with van der Waals surface area (Å²) in [6.07, 6.45) is 30.2. The van der Waals surface area contributed by atoms with Gasteiger partial charge >= 0.3 is 11.9 Å². The van der Waals surface area contributed by atoms with Crippen LogP contribution in [0.25, 0.3) is 0 Å². The van der Waals surface area contributed by atoms with E-state index in [9.17, 15) is 37.9 Å². The van der Waals surface area contributed by atoms with E-state index < -0.39 is 71.2 Å². The SMILES string of the molecule is CCCCC/C=C/C/C=C/C/C=C/C/C=C/CCCCCC(=O)O[C@H](COC(=O)CCCCCCCCCCCC)CO[C@H]1O[C@H](CS(=O)(=O)O)[C@@H](O)C(O)C1O. The lowest BCUT2D eigenvalue weighted by atomic mass is 10.00. The number of hydrogen-bond acceptors (Lipinski definition) is 11. The summed E-state index contributed by atoms with van der Waals surface area (Å²) in [5, 5.41) is 30.8. The van der Waals surface area contributed by atoms with Crippen molar-refractivity contribution in [3.05, 3.63) is 48.6 Å². The topological polar surface area (TPSA) is 186 Å². The number of carbonyl (C=O) groups is 2.